The van der Waals surface area contributed by atoms with Crippen molar-refractivity contribution in [2.75, 3.05) is 0 Å². The average Bonchev–Trinajstić information content (AvgIpc) is 2.90. The van der Waals surface area contributed by atoms with Crippen molar-refractivity contribution in [2.24, 2.45) is 11.5 Å². The predicted octanol–water partition coefficient (Wildman–Crippen LogP) is 1.96. The van der Waals surface area contributed by atoms with E-state index in [4.69, 9.17) is 23.1 Å². The maximum atomic E-state index is 11.2. The minimum absolute atomic E-state index is 0.128. The zero-order chi connectivity index (χ0) is 14.7. The number of nitrogens with zero attached hydrogens (tertiary/aromatic N) is 2. The van der Waals surface area contributed by atoms with Crippen molar-refractivity contribution < 1.29 is 4.79 Å². The number of hydrogen-bond acceptors (Lipinski definition) is 3. The van der Waals surface area contributed by atoms with Gasteiger partial charge in [0.25, 0.3) is 5.91 Å². The molecule has 2 rings (SSSR count). The van der Waals surface area contributed by atoms with Gasteiger partial charge in [0.15, 0.2) is 0 Å². The Labute approximate surface area is 122 Å². The predicted molar refractivity (Wildman–Crippen MR) is 78.6 cm³/mol. The summed E-state index contributed by atoms with van der Waals surface area (Å²) in [7, 11) is 0. The summed E-state index contributed by atoms with van der Waals surface area (Å²) in [4.78, 5) is 11.2. The highest BCUT2D eigenvalue weighted by Gasteiger charge is 2.22. The number of carbonyl (C=O) groups is 1. The van der Waals surface area contributed by atoms with Crippen LogP contribution in [0.4, 0.5) is 0 Å². The van der Waals surface area contributed by atoms with Gasteiger partial charge >= 0.3 is 0 Å². The second-order valence-corrected chi connectivity index (χ2v) is 5.08. The van der Waals surface area contributed by atoms with Crippen molar-refractivity contribution in [1.82, 2.24) is 9.78 Å². The topological polar surface area (TPSA) is 86.9 Å². The molecule has 1 aromatic carbocycles. The maximum Gasteiger partial charge on any atom is 0.251 e. The number of aromatic nitrogens is 2. The van der Waals surface area contributed by atoms with Crippen LogP contribution in [0.2, 0.25) is 5.02 Å². The van der Waals surface area contributed by atoms with Crippen LogP contribution in [-0.4, -0.2) is 21.7 Å². The zero-order valence-corrected chi connectivity index (χ0v) is 11.9. The van der Waals surface area contributed by atoms with Gasteiger partial charge in [0.2, 0.25) is 0 Å². The molecule has 2 atom stereocenters. The standard InChI is InChI=1S/C14H17ClN4O/c1-2-12(16)13(9-3-5-11(15)6-4-9)19-8-10(7-18-19)14(17)20/h3-8,12-13H,2,16H2,1H3,(H2,17,20). The van der Waals surface area contributed by atoms with Gasteiger partial charge < -0.3 is 11.5 Å². The molecule has 0 aliphatic rings. The Balaban J connectivity index is 2.41. The van der Waals surface area contributed by atoms with Crippen LogP contribution in [-0.2, 0) is 0 Å². The highest BCUT2D eigenvalue weighted by molar-refractivity contribution is 6.30. The van der Waals surface area contributed by atoms with Crippen molar-refractivity contribution in [3.05, 3.63) is 52.8 Å². The Morgan fingerprint density at radius 3 is 2.55 bits per heavy atom. The maximum absolute atomic E-state index is 11.2. The molecule has 0 saturated carbocycles. The molecule has 2 aromatic rings. The number of nitrogens with two attached hydrogens (primary N) is 2. The molecule has 5 nitrogen and oxygen atoms in total. The third-order valence-electron chi connectivity index (χ3n) is 3.26. The van der Waals surface area contributed by atoms with Crippen LogP contribution < -0.4 is 11.5 Å². The molecule has 2 unspecified atom stereocenters. The highest BCUT2D eigenvalue weighted by atomic mass is 35.5. The number of amides is 1. The van der Waals surface area contributed by atoms with Crippen molar-refractivity contribution in [2.45, 2.75) is 25.4 Å². The minimum Gasteiger partial charge on any atom is -0.366 e. The molecule has 1 amide bonds. The molecule has 0 spiro atoms. The van der Waals surface area contributed by atoms with Gasteiger partial charge in [-0.3, -0.25) is 9.48 Å². The normalized spacial score (nSPS) is 13.9. The molecule has 0 saturated heterocycles. The van der Waals surface area contributed by atoms with Gasteiger partial charge in [0.1, 0.15) is 0 Å². The molecule has 0 aliphatic heterocycles. The second kappa shape index (κ2) is 6.07. The molecular formula is C14H17ClN4O. The number of carbonyl (C=O) groups excluding carboxylic acids is 1. The molecule has 6 heteroatoms. The molecule has 4 N–H and O–H groups in total. The molecule has 1 heterocycles. The molecule has 0 aliphatic carbocycles. The Morgan fingerprint density at radius 2 is 2.05 bits per heavy atom. The van der Waals surface area contributed by atoms with E-state index in [1.54, 1.807) is 10.9 Å². The summed E-state index contributed by atoms with van der Waals surface area (Å²) < 4.78 is 1.68. The van der Waals surface area contributed by atoms with Crippen LogP contribution in [0.25, 0.3) is 0 Å². The number of primary amides is 1. The Kier molecular flexibility index (Phi) is 4.42. The molecule has 1 aromatic heterocycles. The summed E-state index contributed by atoms with van der Waals surface area (Å²) in [6, 6.07) is 7.15. The van der Waals surface area contributed by atoms with E-state index in [1.165, 1.54) is 6.20 Å². The van der Waals surface area contributed by atoms with Gasteiger partial charge in [-0.2, -0.15) is 5.10 Å². The fourth-order valence-corrected chi connectivity index (χ4v) is 2.22. The molecule has 20 heavy (non-hydrogen) atoms. The first-order valence-corrected chi connectivity index (χ1v) is 6.75. The molecule has 0 fully saturated rings. The Bertz CT molecular complexity index is 593. The molecule has 106 valence electrons. The third-order valence-corrected chi connectivity index (χ3v) is 3.51. The van der Waals surface area contributed by atoms with E-state index in [1.807, 2.05) is 31.2 Å². The van der Waals surface area contributed by atoms with Crippen LogP contribution in [0.5, 0.6) is 0 Å². The van der Waals surface area contributed by atoms with Crippen molar-refractivity contribution in [3.8, 4) is 0 Å². The first-order valence-electron chi connectivity index (χ1n) is 6.38. The lowest BCUT2D eigenvalue weighted by Crippen LogP contribution is -2.32. The summed E-state index contributed by atoms with van der Waals surface area (Å²) >= 11 is 5.91. The Morgan fingerprint density at radius 1 is 1.40 bits per heavy atom. The van der Waals surface area contributed by atoms with E-state index in [9.17, 15) is 4.79 Å². The summed E-state index contributed by atoms with van der Waals surface area (Å²) in [5.41, 5.74) is 12.8. The molecule has 0 radical (unpaired) electrons. The fourth-order valence-electron chi connectivity index (χ4n) is 2.10. The lowest BCUT2D eigenvalue weighted by atomic mass is 9.98. The summed E-state index contributed by atoms with van der Waals surface area (Å²) in [5, 5.41) is 4.87. The van der Waals surface area contributed by atoms with E-state index in [0.29, 0.717) is 10.6 Å². The number of hydrogen-bond donors (Lipinski definition) is 2. The van der Waals surface area contributed by atoms with E-state index in [2.05, 4.69) is 5.10 Å². The van der Waals surface area contributed by atoms with Crippen LogP contribution in [0, 0.1) is 0 Å². The second-order valence-electron chi connectivity index (χ2n) is 4.64. The smallest absolute Gasteiger partial charge is 0.251 e. The van der Waals surface area contributed by atoms with Gasteiger partial charge in [-0.25, -0.2) is 0 Å². The first kappa shape index (κ1) is 14.6. The SMILES string of the molecule is CCC(N)C(c1ccc(Cl)cc1)n1cc(C(N)=O)cn1. The van der Waals surface area contributed by atoms with Gasteiger partial charge in [0.05, 0.1) is 17.8 Å². The monoisotopic (exact) mass is 292 g/mol. The highest BCUT2D eigenvalue weighted by Crippen LogP contribution is 2.24. The number of halogens is 1. The van der Waals surface area contributed by atoms with Crippen LogP contribution in [0.1, 0.15) is 35.3 Å². The number of benzene rings is 1. The fraction of sp³-hybridized carbons (Fsp3) is 0.286. The zero-order valence-electron chi connectivity index (χ0n) is 11.2. The molecular weight excluding hydrogens is 276 g/mol. The largest absolute Gasteiger partial charge is 0.366 e. The first-order chi connectivity index (χ1) is 9.52. The van der Waals surface area contributed by atoms with E-state index >= 15 is 0 Å². The van der Waals surface area contributed by atoms with E-state index in [0.717, 1.165) is 12.0 Å². The van der Waals surface area contributed by atoms with E-state index in [-0.39, 0.29) is 12.1 Å². The lowest BCUT2D eigenvalue weighted by molar-refractivity contribution is 0.1000. The summed E-state index contributed by atoms with van der Waals surface area (Å²) in [5.74, 6) is -0.504. The van der Waals surface area contributed by atoms with Crippen LogP contribution >= 0.6 is 11.6 Å². The van der Waals surface area contributed by atoms with Crippen molar-refractivity contribution in [3.63, 3.8) is 0 Å². The third kappa shape index (κ3) is 3.00. The quantitative estimate of drug-likeness (QED) is 0.883. The lowest BCUT2D eigenvalue weighted by Gasteiger charge is -2.24. The van der Waals surface area contributed by atoms with Gasteiger partial charge in [-0.1, -0.05) is 30.7 Å². The van der Waals surface area contributed by atoms with Gasteiger partial charge in [0, 0.05) is 17.3 Å². The van der Waals surface area contributed by atoms with Crippen molar-refractivity contribution in [1.29, 1.82) is 0 Å². The van der Waals surface area contributed by atoms with Crippen LogP contribution in [0.15, 0.2) is 36.7 Å². The van der Waals surface area contributed by atoms with Crippen LogP contribution in [0.3, 0.4) is 0 Å². The summed E-state index contributed by atoms with van der Waals surface area (Å²) in [6.07, 6.45) is 3.85. The Hall–Kier alpha value is -1.85. The molecule has 0 bridgehead atoms. The van der Waals surface area contributed by atoms with Crippen molar-refractivity contribution >= 4 is 17.5 Å². The number of rotatable bonds is 5. The van der Waals surface area contributed by atoms with Gasteiger partial charge in [-0.15, -0.1) is 0 Å². The minimum atomic E-state index is -0.504. The summed E-state index contributed by atoms with van der Waals surface area (Å²) in [6.45, 7) is 2.01. The average molecular weight is 293 g/mol. The van der Waals surface area contributed by atoms with E-state index < -0.39 is 5.91 Å². The van der Waals surface area contributed by atoms with Gasteiger partial charge in [-0.05, 0) is 24.1 Å².